The Morgan fingerprint density at radius 3 is 3.00 bits per heavy atom. The first-order valence-electron chi connectivity index (χ1n) is 4.77. The average molecular weight is 190 g/mol. The lowest BCUT2D eigenvalue weighted by Gasteiger charge is -1.97. The maximum atomic E-state index is 5.68. The average Bonchev–Trinajstić information content (AvgIpc) is 2.44. The van der Waals surface area contributed by atoms with Crippen LogP contribution in [0.5, 0.6) is 0 Å². The molecule has 2 rings (SSSR count). The lowest BCUT2D eigenvalue weighted by atomic mass is 10.2. The number of hydrogen-bond donors (Lipinski definition) is 1. The predicted molar refractivity (Wildman–Crippen MR) is 56.1 cm³/mol. The van der Waals surface area contributed by atoms with Gasteiger partial charge >= 0.3 is 0 Å². The summed E-state index contributed by atoms with van der Waals surface area (Å²) in [6.45, 7) is 3.99. The van der Waals surface area contributed by atoms with Gasteiger partial charge in [0.2, 0.25) is 0 Å². The monoisotopic (exact) mass is 190 g/mol. The van der Waals surface area contributed by atoms with Crippen LogP contribution < -0.4 is 5.73 Å². The molecule has 2 N–H and O–H groups in total. The smallest absolute Gasteiger partial charge is 0.197 e. The molecule has 1 atom stereocenters. The Labute approximate surface area is 82.9 Å². The van der Waals surface area contributed by atoms with Crippen molar-refractivity contribution in [3.63, 3.8) is 0 Å². The fourth-order valence-corrected chi connectivity index (χ4v) is 1.45. The van der Waals surface area contributed by atoms with Crippen LogP contribution in [0.25, 0.3) is 11.1 Å². The molecular weight excluding hydrogens is 176 g/mol. The molecule has 3 nitrogen and oxygen atoms in total. The molecule has 0 fully saturated rings. The van der Waals surface area contributed by atoms with E-state index in [4.69, 9.17) is 10.2 Å². The van der Waals surface area contributed by atoms with E-state index in [0.29, 0.717) is 6.42 Å². The van der Waals surface area contributed by atoms with Crippen LogP contribution in [-0.2, 0) is 6.42 Å². The Balaban J connectivity index is 2.41. The molecular formula is C11H14N2O. The van der Waals surface area contributed by atoms with Gasteiger partial charge in [-0.05, 0) is 31.5 Å². The summed E-state index contributed by atoms with van der Waals surface area (Å²) < 4.78 is 5.54. The van der Waals surface area contributed by atoms with E-state index in [1.165, 1.54) is 5.56 Å². The second kappa shape index (κ2) is 3.42. The lowest BCUT2D eigenvalue weighted by Crippen LogP contribution is -2.17. The molecule has 0 aliphatic carbocycles. The van der Waals surface area contributed by atoms with Gasteiger partial charge in [-0.15, -0.1) is 0 Å². The summed E-state index contributed by atoms with van der Waals surface area (Å²) in [5.74, 6) is 0.723. The van der Waals surface area contributed by atoms with Crippen LogP contribution in [0.3, 0.4) is 0 Å². The molecule has 74 valence electrons. The van der Waals surface area contributed by atoms with Gasteiger partial charge in [-0.3, -0.25) is 0 Å². The summed E-state index contributed by atoms with van der Waals surface area (Å²) in [6, 6.07) is 6.07. The number of aryl methyl sites for hydroxylation is 1. The van der Waals surface area contributed by atoms with Gasteiger partial charge in [-0.2, -0.15) is 0 Å². The van der Waals surface area contributed by atoms with Crippen LogP contribution >= 0.6 is 0 Å². The molecule has 1 aromatic heterocycles. The van der Waals surface area contributed by atoms with Crippen molar-refractivity contribution in [3.05, 3.63) is 29.7 Å². The van der Waals surface area contributed by atoms with E-state index in [2.05, 4.69) is 4.98 Å². The molecule has 3 heteroatoms. The molecule has 2 aromatic rings. The molecule has 1 heterocycles. The van der Waals surface area contributed by atoms with Crippen LogP contribution in [0.2, 0.25) is 0 Å². The van der Waals surface area contributed by atoms with Crippen molar-refractivity contribution < 1.29 is 4.42 Å². The number of aromatic nitrogens is 1. The first-order valence-corrected chi connectivity index (χ1v) is 4.77. The van der Waals surface area contributed by atoms with Crippen molar-refractivity contribution in [1.82, 2.24) is 4.98 Å². The molecule has 14 heavy (non-hydrogen) atoms. The zero-order valence-corrected chi connectivity index (χ0v) is 8.45. The fourth-order valence-electron chi connectivity index (χ4n) is 1.45. The Morgan fingerprint density at radius 2 is 2.29 bits per heavy atom. The molecule has 0 aliphatic heterocycles. The molecule has 0 amide bonds. The van der Waals surface area contributed by atoms with Crippen LogP contribution in [0.4, 0.5) is 0 Å². The van der Waals surface area contributed by atoms with Crippen LogP contribution in [0.1, 0.15) is 18.4 Å². The molecule has 1 unspecified atom stereocenters. The van der Waals surface area contributed by atoms with Gasteiger partial charge in [0.25, 0.3) is 0 Å². The Morgan fingerprint density at radius 1 is 1.50 bits per heavy atom. The van der Waals surface area contributed by atoms with Gasteiger partial charge in [-0.1, -0.05) is 6.07 Å². The summed E-state index contributed by atoms with van der Waals surface area (Å²) in [5, 5.41) is 0. The Kier molecular flexibility index (Phi) is 2.25. The van der Waals surface area contributed by atoms with Crippen LogP contribution in [0, 0.1) is 6.92 Å². The third-order valence-electron chi connectivity index (χ3n) is 2.08. The molecule has 0 saturated carbocycles. The largest absolute Gasteiger partial charge is 0.441 e. The highest BCUT2D eigenvalue weighted by Gasteiger charge is 2.07. The quantitative estimate of drug-likeness (QED) is 0.788. The normalized spacial score (nSPS) is 13.4. The standard InChI is InChI=1S/C11H14N2O/c1-7-3-4-10-9(5-7)13-11(14-10)6-8(2)12/h3-5,8H,6,12H2,1-2H3. The highest BCUT2D eigenvalue weighted by Crippen LogP contribution is 2.17. The lowest BCUT2D eigenvalue weighted by molar-refractivity contribution is 0.507. The molecule has 1 aromatic carbocycles. The summed E-state index contributed by atoms with van der Waals surface area (Å²) in [7, 11) is 0. The molecule has 0 spiro atoms. The number of benzene rings is 1. The van der Waals surface area contributed by atoms with E-state index in [9.17, 15) is 0 Å². The first-order chi connectivity index (χ1) is 6.65. The minimum Gasteiger partial charge on any atom is -0.441 e. The molecule has 0 bridgehead atoms. The highest BCUT2D eigenvalue weighted by atomic mass is 16.3. The van der Waals surface area contributed by atoms with Gasteiger partial charge in [0.1, 0.15) is 5.52 Å². The van der Waals surface area contributed by atoms with Gasteiger partial charge < -0.3 is 10.2 Å². The summed E-state index contributed by atoms with van der Waals surface area (Å²) >= 11 is 0. The number of oxazole rings is 1. The van der Waals surface area contributed by atoms with Crippen molar-refractivity contribution >= 4 is 11.1 Å². The third kappa shape index (κ3) is 1.77. The predicted octanol–water partition coefficient (Wildman–Crippen LogP) is 2.03. The Hall–Kier alpha value is -1.35. The highest BCUT2D eigenvalue weighted by molar-refractivity contribution is 5.73. The van der Waals surface area contributed by atoms with Crippen molar-refractivity contribution in [1.29, 1.82) is 0 Å². The van der Waals surface area contributed by atoms with Crippen LogP contribution in [0.15, 0.2) is 22.6 Å². The minimum absolute atomic E-state index is 0.0872. The molecule has 0 saturated heterocycles. The second-order valence-corrected chi connectivity index (χ2v) is 3.76. The van der Waals surface area contributed by atoms with E-state index < -0.39 is 0 Å². The third-order valence-corrected chi connectivity index (χ3v) is 2.08. The van der Waals surface area contributed by atoms with E-state index in [0.717, 1.165) is 17.0 Å². The van der Waals surface area contributed by atoms with E-state index >= 15 is 0 Å². The summed E-state index contributed by atoms with van der Waals surface area (Å²) in [6.07, 6.45) is 0.688. The summed E-state index contributed by atoms with van der Waals surface area (Å²) in [5.41, 5.74) is 8.63. The SMILES string of the molecule is Cc1ccc2oc(CC(C)N)nc2c1. The molecule has 0 radical (unpaired) electrons. The van der Waals surface area contributed by atoms with Gasteiger partial charge in [-0.25, -0.2) is 4.98 Å². The van der Waals surface area contributed by atoms with Crippen molar-refractivity contribution in [3.8, 4) is 0 Å². The van der Waals surface area contributed by atoms with Crippen molar-refractivity contribution in [2.45, 2.75) is 26.3 Å². The van der Waals surface area contributed by atoms with Gasteiger partial charge in [0.15, 0.2) is 11.5 Å². The van der Waals surface area contributed by atoms with Crippen LogP contribution in [-0.4, -0.2) is 11.0 Å². The summed E-state index contributed by atoms with van der Waals surface area (Å²) in [4.78, 5) is 4.37. The van der Waals surface area contributed by atoms with Gasteiger partial charge in [0.05, 0.1) is 0 Å². The second-order valence-electron chi connectivity index (χ2n) is 3.76. The Bertz CT molecular complexity index is 445. The number of rotatable bonds is 2. The fraction of sp³-hybridized carbons (Fsp3) is 0.364. The number of hydrogen-bond acceptors (Lipinski definition) is 3. The topological polar surface area (TPSA) is 52.0 Å². The zero-order valence-electron chi connectivity index (χ0n) is 8.45. The van der Waals surface area contributed by atoms with Crippen molar-refractivity contribution in [2.75, 3.05) is 0 Å². The number of nitrogens with two attached hydrogens (primary N) is 1. The maximum absolute atomic E-state index is 5.68. The van der Waals surface area contributed by atoms with Crippen molar-refractivity contribution in [2.24, 2.45) is 5.73 Å². The van der Waals surface area contributed by atoms with Gasteiger partial charge in [0, 0.05) is 12.5 Å². The minimum atomic E-state index is 0.0872. The zero-order chi connectivity index (χ0) is 10.1. The first kappa shape index (κ1) is 9.21. The maximum Gasteiger partial charge on any atom is 0.197 e. The van der Waals surface area contributed by atoms with E-state index in [1.54, 1.807) is 0 Å². The number of fused-ring (bicyclic) bond motifs is 1. The molecule has 0 aliphatic rings. The van der Waals surface area contributed by atoms with E-state index in [-0.39, 0.29) is 6.04 Å². The van der Waals surface area contributed by atoms with E-state index in [1.807, 2.05) is 32.0 Å². The number of nitrogens with zero attached hydrogens (tertiary/aromatic N) is 1.